The molecule has 0 aromatic heterocycles. The maximum atomic E-state index is 14.5. The van der Waals surface area contributed by atoms with Gasteiger partial charge in [0.2, 0.25) is 0 Å². The Morgan fingerprint density at radius 1 is 0.889 bits per heavy atom. The van der Waals surface area contributed by atoms with Crippen LogP contribution in [0, 0.1) is 0 Å². The third-order valence-electron chi connectivity index (χ3n) is 2.88. The first-order valence-corrected chi connectivity index (χ1v) is 10.4. The van der Waals surface area contributed by atoms with Crippen LogP contribution in [0.4, 0.5) is 4.39 Å². The molecule has 0 aliphatic rings. The summed E-state index contributed by atoms with van der Waals surface area (Å²) in [5, 5.41) is 0. The van der Waals surface area contributed by atoms with E-state index in [0.29, 0.717) is 6.42 Å². The second-order valence-electron chi connectivity index (χ2n) is 4.26. The van der Waals surface area contributed by atoms with Crippen molar-refractivity contribution >= 4 is 27.2 Å². The van der Waals surface area contributed by atoms with Gasteiger partial charge in [0.15, 0.2) is 0 Å². The molecule has 0 nitrogen and oxygen atoms in total. The van der Waals surface area contributed by atoms with Crippen LogP contribution >= 0.6 is 0 Å². The first-order chi connectivity index (χ1) is 8.83. The molecule has 0 heterocycles. The Morgan fingerprint density at radius 2 is 1.33 bits per heavy atom. The summed E-state index contributed by atoms with van der Waals surface area (Å²) < 4.78 is 16.4. The predicted molar refractivity (Wildman–Crippen MR) is 77.7 cm³/mol. The van der Waals surface area contributed by atoms with Crippen molar-refractivity contribution in [1.82, 2.24) is 0 Å². The minimum absolute atomic E-state index is 0.636. The third kappa shape index (κ3) is 3.35. The van der Waals surface area contributed by atoms with Gasteiger partial charge in [-0.3, -0.25) is 0 Å². The minimum atomic E-state index is -2.24. The Bertz CT molecular complexity index is 416. The molecular weight excluding hydrogens is 333 g/mol. The van der Waals surface area contributed by atoms with E-state index in [-0.39, 0.29) is 0 Å². The fourth-order valence-electron chi connectivity index (χ4n) is 2.02. The molecular formula is C16H18FSb. The van der Waals surface area contributed by atoms with E-state index in [1.54, 1.807) is 0 Å². The molecule has 18 heavy (non-hydrogen) atoms. The van der Waals surface area contributed by atoms with Gasteiger partial charge in [-0.2, -0.15) is 0 Å². The Morgan fingerprint density at radius 3 is 1.72 bits per heavy atom. The van der Waals surface area contributed by atoms with Crippen LogP contribution in [0.15, 0.2) is 60.7 Å². The summed E-state index contributed by atoms with van der Waals surface area (Å²) in [6.45, 7) is 2.06. The summed E-state index contributed by atoms with van der Waals surface area (Å²) in [7, 11) is 0. The number of benzene rings is 2. The van der Waals surface area contributed by atoms with Crippen LogP contribution in [0.1, 0.15) is 19.8 Å². The number of halogens is 1. The van der Waals surface area contributed by atoms with Gasteiger partial charge in [-0.25, -0.2) is 0 Å². The number of hydrogen-bond donors (Lipinski definition) is 0. The average molecular weight is 351 g/mol. The molecule has 0 saturated carbocycles. The van der Waals surface area contributed by atoms with Crippen LogP contribution in [0.3, 0.4) is 0 Å². The maximum absolute atomic E-state index is 14.5. The van der Waals surface area contributed by atoms with Crippen molar-refractivity contribution in [3.63, 3.8) is 0 Å². The number of rotatable bonds is 5. The summed E-state index contributed by atoms with van der Waals surface area (Å²) in [6, 6.07) is 20.5. The fraction of sp³-hybridized carbons (Fsp3) is 0.250. The topological polar surface area (TPSA) is 0 Å². The quantitative estimate of drug-likeness (QED) is 0.727. The van der Waals surface area contributed by atoms with E-state index in [9.17, 15) is 4.39 Å². The molecule has 0 N–H and O–H groups in total. The van der Waals surface area contributed by atoms with Crippen molar-refractivity contribution in [2.24, 2.45) is 0 Å². The molecule has 2 aromatic carbocycles. The van der Waals surface area contributed by atoms with Crippen molar-refractivity contribution in [2.45, 2.75) is 23.9 Å². The SMILES string of the molecule is CCC[CH](F)[Sb]([c]1ccccc1)[c]1ccccc1. The van der Waals surface area contributed by atoms with Gasteiger partial charge in [0, 0.05) is 0 Å². The molecule has 0 aliphatic carbocycles. The van der Waals surface area contributed by atoms with E-state index >= 15 is 0 Å². The predicted octanol–water partition coefficient (Wildman–Crippen LogP) is 2.97. The molecule has 0 aliphatic heterocycles. The van der Waals surface area contributed by atoms with Crippen LogP contribution in [-0.2, 0) is 0 Å². The summed E-state index contributed by atoms with van der Waals surface area (Å²) in [4.78, 5) is 0. The van der Waals surface area contributed by atoms with Crippen molar-refractivity contribution in [2.75, 3.05) is 0 Å². The first-order valence-electron chi connectivity index (χ1n) is 6.36. The molecule has 0 bridgehead atoms. The van der Waals surface area contributed by atoms with Gasteiger partial charge in [-0.05, 0) is 0 Å². The van der Waals surface area contributed by atoms with E-state index in [0.717, 1.165) is 6.42 Å². The fourth-order valence-corrected chi connectivity index (χ4v) is 9.00. The molecule has 0 amide bonds. The van der Waals surface area contributed by atoms with Gasteiger partial charge in [0.1, 0.15) is 0 Å². The Hall–Kier alpha value is -0.812. The van der Waals surface area contributed by atoms with Crippen molar-refractivity contribution in [3.05, 3.63) is 60.7 Å². The Balaban J connectivity index is 2.35. The van der Waals surface area contributed by atoms with E-state index in [1.165, 1.54) is 7.02 Å². The van der Waals surface area contributed by atoms with E-state index < -0.39 is 24.3 Å². The van der Waals surface area contributed by atoms with Crippen molar-refractivity contribution in [1.29, 1.82) is 0 Å². The van der Waals surface area contributed by atoms with Gasteiger partial charge in [0.05, 0.1) is 0 Å². The van der Waals surface area contributed by atoms with Crippen molar-refractivity contribution in [3.8, 4) is 0 Å². The molecule has 2 heteroatoms. The van der Waals surface area contributed by atoms with Crippen LogP contribution in [0.5, 0.6) is 0 Å². The molecule has 1 atom stereocenters. The van der Waals surface area contributed by atoms with Crippen LogP contribution < -0.4 is 7.02 Å². The molecule has 0 spiro atoms. The molecule has 2 rings (SSSR count). The summed E-state index contributed by atoms with van der Waals surface area (Å²) in [5.41, 5.74) is 0. The zero-order valence-electron chi connectivity index (χ0n) is 10.6. The van der Waals surface area contributed by atoms with Crippen LogP contribution in [0.2, 0.25) is 0 Å². The third-order valence-corrected chi connectivity index (χ3v) is 10.1. The monoisotopic (exact) mass is 350 g/mol. The summed E-state index contributed by atoms with van der Waals surface area (Å²) in [5.74, 6) is 0. The van der Waals surface area contributed by atoms with Gasteiger partial charge in [-0.15, -0.1) is 0 Å². The van der Waals surface area contributed by atoms with Gasteiger partial charge in [-0.1, -0.05) is 0 Å². The van der Waals surface area contributed by atoms with E-state index in [4.69, 9.17) is 0 Å². The summed E-state index contributed by atoms with van der Waals surface area (Å²) >= 11 is -2.24. The average Bonchev–Trinajstić information content (AvgIpc) is 2.42. The van der Waals surface area contributed by atoms with Crippen LogP contribution in [-0.4, -0.2) is 24.3 Å². The Labute approximate surface area is 116 Å². The number of alkyl halides is 1. The van der Waals surface area contributed by atoms with Crippen LogP contribution in [0.25, 0.3) is 0 Å². The molecule has 0 radical (unpaired) electrons. The molecule has 2 aromatic rings. The molecule has 0 fully saturated rings. The standard InChI is InChI=1S/2C6H5.C4H8F.Sb/c2*1-2-4-6-5-3-1;1-2-3-4-5;/h2*1-5H;4H,2-3H2,1H3;. The summed E-state index contributed by atoms with van der Waals surface area (Å²) in [6.07, 6.45) is 1.61. The van der Waals surface area contributed by atoms with Gasteiger partial charge >= 0.3 is 116 Å². The zero-order valence-corrected chi connectivity index (χ0v) is 13.1. The molecule has 0 saturated heterocycles. The van der Waals surface area contributed by atoms with E-state index in [2.05, 4.69) is 31.2 Å². The Kier molecular flexibility index (Phi) is 5.25. The molecule has 1 unspecified atom stereocenters. The normalized spacial score (nSPS) is 12.6. The van der Waals surface area contributed by atoms with E-state index in [1.807, 2.05) is 36.4 Å². The number of hydrogen-bond acceptors (Lipinski definition) is 0. The zero-order chi connectivity index (χ0) is 12.8. The van der Waals surface area contributed by atoms with Gasteiger partial charge in [0.25, 0.3) is 0 Å². The second kappa shape index (κ2) is 6.95. The molecule has 94 valence electrons. The van der Waals surface area contributed by atoms with Gasteiger partial charge < -0.3 is 0 Å². The second-order valence-corrected chi connectivity index (χ2v) is 10.9. The first kappa shape index (κ1) is 13.6. The van der Waals surface area contributed by atoms with Crippen molar-refractivity contribution < 1.29 is 4.39 Å².